The first kappa shape index (κ1) is 12.2. The number of aromatic nitrogens is 1. The SMILES string of the molecule is COC(=O)[C@H](N)Cc1ccc(Cl)nc1Cl. The molecular weight excluding hydrogens is 239 g/mol. The predicted octanol–water partition coefficient (Wildman–Crippen LogP) is 1.43. The molecular formula is C9H10Cl2N2O2. The van der Waals surface area contributed by atoms with Crippen LogP contribution in [0.2, 0.25) is 10.3 Å². The first-order valence-corrected chi connectivity index (χ1v) is 4.94. The maximum atomic E-state index is 11.1. The van der Waals surface area contributed by atoms with Crippen molar-refractivity contribution >= 4 is 29.2 Å². The van der Waals surface area contributed by atoms with Gasteiger partial charge in [0.25, 0.3) is 0 Å². The summed E-state index contributed by atoms with van der Waals surface area (Å²) >= 11 is 11.4. The van der Waals surface area contributed by atoms with E-state index in [1.165, 1.54) is 7.11 Å². The Kier molecular flexibility index (Phi) is 4.32. The third kappa shape index (κ3) is 3.34. The van der Waals surface area contributed by atoms with E-state index in [-0.39, 0.29) is 11.6 Å². The van der Waals surface area contributed by atoms with E-state index in [0.717, 1.165) is 0 Å². The summed E-state index contributed by atoms with van der Waals surface area (Å²) in [6.07, 6.45) is 0.273. The second-order valence-corrected chi connectivity index (χ2v) is 3.66. The van der Waals surface area contributed by atoms with Gasteiger partial charge in [0, 0.05) is 6.42 Å². The van der Waals surface area contributed by atoms with Crippen molar-refractivity contribution in [2.45, 2.75) is 12.5 Å². The Morgan fingerprint density at radius 3 is 2.80 bits per heavy atom. The van der Waals surface area contributed by atoms with Gasteiger partial charge in [-0.2, -0.15) is 0 Å². The highest BCUT2D eigenvalue weighted by Gasteiger charge is 2.16. The van der Waals surface area contributed by atoms with Crippen molar-refractivity contribution in [3.05, 3.63) is 28.0 Å². The first-order valence-electron chi connectivity index (χ1n) is 4.19. The van der Waals surface area contributed by atoms with Crippen molar-refractivity contribution in [3.8, 4) is 0 Å². The molecule has 6 heteroatoms. The number of pyridine rings is 1. The summed E-state index contributed by atoms with van der Waals surface area (Å²) in [6.45, 7) is 0. The van der Waals surface area contributed by atoms with Gasteiger partial charge >= 0.3 is 5.97 Å². The van der Waals surface area contributed by atoms with Gasteiger partial charge in [0.2, 0.25) is 0 Å². The van der Waals surface area contributed by atoms with E-state index < -0.39 is 12.0 Å². The number of ether oxygens (including phenoxy) is 1. The van der Waals surface area contributed by atoms with Crippen LogP contribution in [0.4, 0.5) is 0 Å². The van der Waals surface area contributed by atoms with Crippen LogP contribution in [0.1, 0.15) is 5.56 Å². The summed E-state index contributed by atoms with van der Waals surface area (Å²) in [5, 5.41) is 0.553. The van der Waals surface area contributed by atoms with Gasteiger partial charge in [0.1, 0.15) is 16.3 Å². The molecule has 15 heavy (non-hydrogen) atoms. The third-order valence-corrected chi connectivity index (χ3v) is 2.37. The average molecular weight is 249 g/mol. The highest BCUT2D eigenvalue weighted by Crippen LogP contribution is 2.17. The van der Waals surface area contributed by atoms with E-state index in [0.29, 0.717) is 10.7 Å². The topological polar surface area (TPSA) is 65.2 Å². The number of rotatable bonds is 3. The van der Waals surface area contributed by atoms with Gasteiger partial charge < -0.3 is 10.5 Å². The molecule has 0 amide bonds. The van der Waals surface area contributed by atoms with Crippen LogP contribution >= 0.6 is 23.2 Å². The number of methoxy groups -OCH3 is 1. The fraction of sp³-hybridized carbons (Fsp3) is 0.333. The van der Waals surface area contributed by atoms with Crippen molar-refractivity contribution in [2.75, 3.05) is 7.11 Å². The van der Waals surface area contributed by atoms with Gasteiger partial charge in [0.05, 0.1) is 7.11 Å². The van der Waals surface area contributed by atoms with Gasteiger partial charge in [-0.25, -0.2) is 4.98 Å². The summed E-state index contributed by atoms with van der Waals surface area (Å²) in [4.78, 5) is 14.9. The molecule has 0 bridgehead atoms. The summed E-state index contributed by atoms with van der Waals surface area (Å²) in [5.41, 5.74) is 6.24. The summed E-state index contributed by atoms with van der Waals surface area (Å²) < 4.78 is 4.49. The number of carbonyl (C=O) groups is 1. The quantitative estimate of drug-likeness (QED) is 0.650. The summed E-state index contributed by atoms with van der Waals surface area (Å²) in [7, 11) is 1.28. The Bertz CT molecular complexity index is 371. The van der Waals surface area contributed by atoms with Crippen LogP contribution in [0.25, 0.3) is 0 Å². The first-order chi connectivity index (χ1) is 7.04. The molecule has 1 rings (SSSR count). The maximum Gasteiger partial charge on any atom is 0.322 e. The zero-order chi connectivity index (χ0) is 11.4. The van der Waals surface area contributed by atoms with Gasteiger partial charge in [-0.05, 0) is 11.6 Å². The van der Waals surface area contributed by atoms with Gasteiger partial charge in [-0.15, -0.1) is 0 Å². The molecule has 4 nitrogen and oxygen atoms in total. The Labute approximate surface area is 97.3 Å². The molecule has 0 saturated carbocycles. The van der Waals surface area contributed by atoms with Crippen LogP contribution in [-0.4, -0.2) is 24.1 Å². The van der Waals surface area contributed by atoms with E-state index in [9.17, 15) is 4.79 Å². The molecule has 0 radical (unpaired) electrons. The number of halogens is 2. The molecule has 1 aromatic rings. The predicted molar refractivity (Wildman–Crippen MR) is 58.0 cm³/mol. The zero-order valence-corrected chi connectivity index (χ0v) is 9.55. The van der Waals surface area contributed by atoms with E-state index in [1.807, 2.05) is 0 Å². The van der Waals surface area contributed by atoms with Crippen LogP contribution in [0.5, 0.6) is 0 Å². The minimum atomic E-state index is -0.740. The lowest BCUT2D eigenvalue weighted by Crippen LogP contribution is -2.33. The normalized spacial score (nSPS) is 12.3. The van der Waals surface area contributed by atoms with Crippen LogP contribution in [0, 0.1) is 0 Å². The van der Waals surface area contributed by atoms with Gasteiger partial charge in [0.15, 0.2) is 0 Å². The van der Waals surface area contributed by atoms with E-state index >= 15 is 0 Å². The van der Waals surface area contributed by atoms with Crippen molar-refractivity contribution < 1.29 is 9.53 Å². The number of nitrogens with two attached hydrogens (primary N) is 1. The number of carbonyl (C=O) groups excluding carboxylic acids is 1. The molecule has 2 N–H and O–H groups in total. The van der Waals surface area contributed by atoms with E-state index in [2.05, 4.69) is 9.72 Å². The number of nitrogens with zero attached hydrogens (tertiary/aromatic N) is 1. The van der Waals surface area contributed by atoms with Crippen LogP contribution in [-0.2, 0) is 16.0 Å². The molecule has 1 heterocycles. The Morgan fingerprint density at radius 2 is 2.27 bits per heavy atom. The highest BCUT2D eigenvalue weighted by molar-refractivity contribution is 6.32. The highest BCUT2D eigenvalue weighted by atomic mass is 35.5. The molecule has 0 aliphatic heterocycles. The van der Waals surface area contributed by atoms with Crippen LogP contribution < -0.4 is 5.73 Å². The smallest absolute Gasteiger partial charge is 0.322 e. The molecule has 1 atom stereocenters. The van der Waals surface area contributed by atoms with Crippen molar-refractivity contribution in [1.29, 1.82) is 0 Å². The van der Waals surface area contributed by atoms with Gasteiger partial charge in [-0.1, -0.05) is 29.3 Å². The summed E-state index contributed by atoms with van der Waals surface area (Å²) in [6, 6.07) is 2.53. The molecule has 0 aliphatic carbocycles. The largest absolute Gasteiger partial charge is 0.468 e. The average Bonchev–Trinajstić information content (AvgIpc) is 2.20. The zero-order valence-electron chi connectivity index (χ0n) is 8.04. The van der Waals surface area contributed by atoms with Crippen molar-refractivity contribution in [2.24, 2.45) is 5.73 Å². The molecule has 82 valence electrons. The molecule has 0 saturated heterocycles. The Hall–Kier alpha value is -0.840. The monoisotopic (exact) mass is 248 g/mol. The van der Waals surface area contributed by atoms with Crippen molar-refractivity contribution in [1.82, 2.24) is 4.98 Å². The minimum Gasteiger partial charge on any atom is -0.468 e. The molecule has 0 unspecified atom stereocenters. The van der Waals surface area contributed by atoms with Gasteiger partial charge in [-0.3, -0.25) is 4.79 Å². The van der Waals surface area contributed by atoms with Crippen LogP contribution in [0.15, 0.2) is 12.1 Å². The second kappa shape index (κ2) is 5.30. The minimum absolute atomic E-state index is 0.252. The lowest BCUT2D eigenvalue weighted by atomic mass is 10.1. The molecule has 0 spiro atoms. The number of hydrogen-bond donors (Lipinski definition) is 1. The number of hydrogen-bond acceptors (Lipinski definition) is 4. The lowest BCUT2D eigenvalue weighted by molar-refractivity contribution is -0.142. The fourth-order valence-electron chi connectivity index (χ4n) is 1.06. The standard InChI is InChI=1S/C9H10Cl2N2O2/c1-15-9(14)6(12)4-5-2-3-7(10)13-8(5)11/h2-3,6H,4,12H2,1H3/t6-/m1/s1. The van der Waals surface area contributed by atoms with E-state index in [1.54, 1.807) is 12.1 Å². The lowest BCUT2D eigenvalue weighted by Gasteiger charge is -2.09. The Balaban J connectivity index is 2.76. The molecule has 0 aromatic carbocycles. The van der Waals surface area contributed by atoms with Crippen molar-refractivity contribution in [3.63, 3.8) is 0 Å². The number of esters is 1. The van der Waals surface area contributed by atoms with Crippen LogP contribution in [0.3, 0.4) is 0 Å². The molecule has 1 aromatic heterocycles. The maximum absolute atomic E-state index is 11.1. The fourth-order valence-corrected chi connectivity index (χ4v) is 1.49. The second-order valence-electron chi connectivity index (χ2n) is 2.92. The summed E-state index contributed by atoms with van der Waals surface area (Å²) in [5.74, 6) is -0.485. The third-order valence-electron chi connectivity index (χ3n) is 1.84. The molecule has 0 fully saturated rings. The molecule has 0 aliphatic rings. The van der Waals surface area contributed by atoms with E-state index in [4.69, 9.17) is 28.9 Å². The Morgan fingerprint density at radius 1 is 1.60 bits per heavy atom.